The number of piperidine rings is 1. The summed E-state index contributed by atoms with van der Waals surface area (Å²) in [6, 6.07) is 6.43. The van der Waals surface area contributed by atoms with Gasteiger partial charge in [0.15, 0.2) is 0 Å². The maximum atomic E-state index is 5.61. The van der Waals surface area contributed by atoms with E-state index in [1.165, 1.54) is 32.2 Å². The second-order valence-corrected chi connectivity index (χ2v) is 5.25. The Kier molecular flexibility index (Phi) is 5.26. The van der Waals surface area contributed by atoms with E-state index >= 15 is 0 Å². The van der Waals surface area contributed by atoms with Gasteiger partial charge in [0, 0.05) is 12.1 Å². The first kappa shape index (κ1) is 12.8. The number of hydrogen-bond donors (Lipinski definition) is 1. The van der Waals surface area contributed by atoms with Crippen LogP contribution in [0.3, 0.4) is 0 Å². The molecule has 1 aromatic heterocycles. The minimum atomic E-state index is 0.697. The zero-order valence-electron chi connectivity index (χ0n) is 9.99. The van der Waals surface area contributed by atoms with Crippen LogP contribution < -0.4 is 10.1 Å². The van der Waals surface area contributed by atoms with Crippen molar-refractivity contribution in [2.24, 2.45) is 0 Å². The SMILES string of the molecule is Brc1cccc(OCCC[C@@H]2CCCCN2)n1. The summed E-state index contributed by atoms with van der Waals surface area (Å²) in [5.41, 5.74) is 0. The van der Waals surface area contributed by atoms with E-state index in [9.17, 15) is 0 Å². The van der Waals surface area contributed by atoms with E-state index in [0.29, 0.717) is 11.9 Å². The number of aromatic nitrogens is 1. The van der Waals surface area contributed by atoms with Crippen molar-refractivity contribution < 1.29 is 4.74 Å². The molecule has 17 heavy (non-hydrogen) atoms. The second-order valence-electron chi connectivity index (χ2n) is 4.44. The molecule has 4 heteroatoms. The Labute approximate surface area is 111 Å². The molecule has 94 valence electrons. The molecule has 0 bridgehead atoms. The number of nitrogens with zero attached hydrogens (tertiary/aromatic N) is 1. The lowest BCUT2D eigenvalue weighted by molar-refractivity contribution is 0.276. The number of rotatable bonds is 5. The summed E-state index contributed by atoms with van der Waals surface area (Å²) >= 11 is 3.33. The standard InChI is InChI=1S/C13H19BrN2O/c14-12-7-3-8-13(16-12)17-10-4-6-11-5-1-2-9-15-11/h3,7-8,11,15H,1-2,4-6,9-10H2/t11-/m0/s1. The van der Waals surface area contributed by atoms with Crippen LogP contribution in [0, 0.1) is 0 Å². The maximum Gasteiger partial charge on any atom is 0.214 e. The fourth-order valence-electron chi connectivity index (χ4n) is 2.15. The van der Waals surface area contributed by atoms with Crippen LogP contribution in [-0.4, -0.2) is 24.2 Å². The molecule has 0 amide bonds. The Morgan fingerprint density at radius 3 is 3.12 bits per heavy atom. The first-order chi connectivity index (χ1) is 8.34. The van der Waals surface area contributed by atoms with Gasteiger partial charge in [-0.05, 0) is 54.2 Å². The quantitative estimate of drug-likeness (QED) is 0.670. The Hall–Kier alpha value is -0.610. The van der Waals surface area contributed by atoms with Crippen molar-refractivity contribution >= 4 is 15.9 Å². The Morgan fingerprint density at radius 2 is 2.35 bits per heavy atom. The number of hydrogen-bond acceptors (Lipinski definition) is 3. The van der Waals surface area contributed by atoms with E-state index in [2.05, 4.69) is 26.2 Å². The van der Waals surface area contributed by atoms with Crippen LogP contribution in [0.5, 0.6) is 5.88 Å². The highest BCUT2D eigenvalue weighted by Gasteiger charge is 2.11. The van der Waals surface area contributed by atoms with Gasteiger partial charge in [-0.25, -0.2) is 4.98 Å². The molecule has 0 aliphatic carbocycles. The summed E-state index contributed by atoms with van der Waals surface area (Å²) in [5.74, 6) is 0.705. The normalized spacial score (nSPS) is 20.2. The highest BCUT2D eigenvalue weighted by Crippen LogP contribution is 2.14. The highest BCUT2D eigenvalue weighted by molar-refractivity contribution is 9.10. The molecule has 1 aromatic rings. The lowest BCUT2D eigenvalue weighted by Crippen LogP contribution is -2.34. The van der Waals surface area contributed by atoms with Crippen LogP contribution in [0.25, 0.3) is 0 Å². The molecule has 2 rings (SSSR count). The first-order valence-electron chi connectivity index (χ1n) is 6.33. The molecule has 1 aliphatic rings. The van der Waals surface area contributed by atoms with Crippen molar-refractivity contribution in [1.29, 1.82) is 0 Å². The van der Waals surface area contributed by atoms with E-state index in [1.54, 1.807) is 0 Å². The van der Waals surface area contributed by atoms with Crippen LogP contribution in [0.2, 0.25) is 0 Å². The van der Waals surface area contributed by atoms with Gasteiger partial charge in [-0.2, -0.15) is 0 Å². The van der Waals surface area contributed by atoms with Gasteiger partial charge in [-0.1, -0.05) is 12.5 Å². The van der Waals surface area contributed by atoms with Gasteiger partial charge in [-0.15, -0.1) is 0 Å². The predicted octanol–water partition coefficient (Wildman–Crippen LogP) is 3.15. The van der Waals surface area contributed by atoms with Crippen LogP contribution in [0.1, 0.15) is 32.1 Å². The lowest BCUT2D eigenvalue weighted by Gasteiger charge is -2.23. The number of pyridine rings is 1. The van der Waals surface area contributed by atoms with Crippen molar-refractivity contribution in [3.8, 4) is 5.88 Å². The van der Waals surface area contributed by atoms with Gasteiger partial charge in [0.2, 0.25) is 5.88 Å². The monoisotopic (exact) mass is 298 g/mol. The van der Waals surface area contributed by atoms with Crippen molar-refractivity contribution in [3.05, 3.63) is 22.8 Å². The van der Waals surface area contributed by atoms with Crippen LogP contribution in [0.4, 0.5) is 0 Å². The van der Waals surface area contributed by atoms with E-state index in [4.69, 9.17) is 4.74 Å². The lowest BCUT2D eigenvalue weighted by atomic mass is 10.0. The molecule has 1 N–H and O–H groups in total. The molecule has 1 aliphatic heterocycles. The minimum absolute atomic E-state index is 0.697. The van der Waals surface area contributed by atoms with Crippen molar-refractivity contribution in [2.45, 2.75) is 38.1 Å². The third-order valence-electron chi connectivity index (χ3n) is 3.05. The van der Waals surface area contributed by atoms with Crippen molar-refractivity contribution in [3.63, 3.8) is 0 Å². The summed E-state index contributed by atoms with van der Waals surface area (Å²) in [4.78, 5) is 4.24. The molecule has 3 nitrogen and oxygen atoms in total. The molecule has 0 spiro atoms. The van der Waals surface area contributed by atoms with Gasteiger partial charge in [-0.3, -0.25) is 0 Å². The van der Waals surface area contributed by atoms with Gasteiger partial charge >= 0.3 is 0 Å². The van der Waals surface area contributed by atoms with E-state index in [1.807, 2.05) is 18.2 Å². The van der Waals surface area contributed by atoms with Crippen LogP contribution in [-0.2, 0) is 0 Å². The van der Waals surface area contributed by atoms with E-state index < -0.39 is 0 Å². The molecule has 1 atom stereocenters. The summed E-state index contributed by atoms with van der Waals surface area (Å²) in [6.07, 6.45) is 6.30. The van der Waals surface area contributed by atoms with Crippen molar-refractivity contribution in [2.75, 3.05) is 13.2 Å². The topological polar surface area (TPSA) is 34.1 Å². The summed E-state index contributed by atoms with van der Waals surface area (Å²) < 4.78 is 6.43. The maximum absolute atomic E-state index is 5.61. The molecular weight excluding hydrogens is 280 g/mol. The molecule has 1 fully saturated rings. The largest absolute Gasteiger partial charge is 0.478 e. The molecular formula is C13H19BrN2O. The van der Waals surface area contributed by atoms with Crippen LogP contribution in [0.15, 0.2) is 22.8 Å². The van der Waals surface area contributed by atoms with Gasteiger partial charge < -0.3 is 10.1 Å². The molecule has 2 heterocycles. The van der Waals surface area contributed by atoms with Gasteiger partial charge in [0.1, 0.15) is 4.60 Å². The molecule has 0 radical (unpaired) electrons. The summed E-state index contributed by atoms with van der Waals surface area (Å²) in [5, 5.41) is 3.55. The molecule has 0 unspecified atom stereocenters. The summed E-state index contributed by atoms with van der Waals surface area (Å²) in [7, 11) is 0. The zero-order valence-corrected chi connectivity index (χ0v) is 11.6. The highest BCUT2D eigenvalue weighted by atomic mass is 79.9. The van der Waals surface area contributed by atoms with Gasteiger partial charge in [0.05, 0.1) is 6.61 Å². The number of halogens is 1. The Morgan fingerprint density at radius 1 is 1.41 bits per heavy atom. The molecule has 1 saturated heterocycles. The van der Waals surface area contributed by atoms with E-state index in [-0.39, 0.29) is 0 Å². The molecule has 0 saturated carbocycles. The summed E-state index contributed by atoms with van der Waals surface area (Å²) in [6.45, 7) is 1.93. The van der Waals surface area contributed by atoms with Gasteiger partial charge in [0.25, 0.3) is 0 Å². The average Bonchev–Trinajstić information content (AvgIpc) is 2.36. The molecule has 0 aromatic carbocycles. The smallest absolute Gasteiger partial charge is 0.214 e. The first-order valence-corrected chi connectivity index (χ1v) is 7.12. The third-order valence-corrected chi connectivity index (χ3v) is 3.49. The van der Waals surface area contributed by atoms with E-state index in [0.717, 1.165) is 17.6 Å². The Bertz CT molecular complexity index is 340. The zero-order chi connectivity index (χ0) is 11.9. The third kappa shape index (κ3) is 4.64. The number of ether oxygens (including phenoxy) is 1. The average molecular weight is 299 g/mol. The predicted molar refractivity (Wildman–Crippen MR) is 72.3 cm³/mol. The second kappa shape index (κ2) is 6.97. The Balaban J connectivity index is 1.62. The number of nitrogens with one attached hydrogen (secondary N) is 1. The fourth-order valence-corrected chi connectivity index (χ4v) is 2.47. The van der Waals surface area contributed by atoms with Crippen LogP contribution >= 0.6 is 15.9 Å². The van der Waals surface area contributed by atoms with Crippen molar-refractivity contribution in [1.82, 2.24) is 10.3 Å². The minimum Gasteiger partial charge on any atom is -0.478 e. The fraction of sp³-hybridized carbons (Fsp3) is 0.615.